The lowest BCUT2D eigenvalue weighted by atomic mass is 10.1. The van der Waals surface area contributed by atoms with Crippen LogP contribution in [0.2, 0.25) is 0 Å². The fourth-order valence-corrected chi connectivity index (χ4v) is 1.73. The molecule has 0 aromatic heterocycles. The highest BCUT2D eigenvalue weighted by atomic mass is 16.6. The van der Waals surface area contributed by atoms with E-state index in [1.165, 1.54) is 7.11 Å². The van der Waals surface area contributed by atoms with Gasteiger partial charge >= 0.3 is 18.2 Å². The van der Waals surface area contributed by atoms with Gasteiger partial charge in [-0.3, -0.25) is 0 Å². The van der Waals surface area contributed by atoms with E-state index < -0.39 is 35.4 Å². The summed E-state index contributed by atoms with van der Waals surface area (Å²) in [6.07, 6.45) is 0.445. The predicted octanol–water partition coefficient (Wildman–Crippen LogP) is 3.17. The summed E-state index contributed by atoms with van der Waals surface area (Å²) in [7, 11) is 1.20. The molecule has 0 aliphatic rings. The van der Waals surface area contributed by atoms with E-state index in [0.29, 0.717) is 6.42 Å². The highest BCUT2D eigenvalue weighted by Crippen LogP contribution is 2.15. The van der Waals surface area contributed by atoms with Gasteiger partial charge in [-0.05, 0) is 54.4 Å². The number of nitrogens with zero attached hydrogens (tertiary/aromatic N) is 1. The highest BCUT2D eigenvalue weighted by molar-refractivity contribution is 5.83. The molecule has 8 heteroatoms. The molecule has 0 radical (unpaired) electrons. The van der Waals surface area contributed by atoms with Crippen molar-refractivity contribution in [2.75, 3.05) is 7.11 Å². The molecule has 2 amide bonds. The van der Waals surface area contributed by atoms with Crippen LogP contribution in [0.15, 0.2) is 12.7 Å². The number of carbonyl (C=O) groups is 3. The molecule has 1 unspecified atom stereocenters. The average Bonchev–Trinajstić information content (AvgIpc) is 2.42. The lowest BCUT2D eigenvalue weighted by Crippen LogP contribution is -2.57. The van der Waals surface area contributed by atoms with Gasteiger partial charge in [-0.25, -0.2) is 24.8 Å². The third-order valence-corrected chi connectivity index (χ3v) is 2.63. The Morgan fingerprint density at radius 1 is 1.08 bits per heavy atom. The van der Waals surface area contributed by atoms with E-state index in [9.17, 15) is 14.4 Å². The van der Waals surface area contributed by atoms with E-state index in [2.05, 4.69) is 12.0 Å². The molecule has 0 bridgehead atoms. The first-order valence-electron chi connectivity index (χ1n) is 8.01. The Morgan fingerprint density at radius 3 is 2.00 bits per heavy atom. The van der Waals surface area contributed by atoms with Crippen molar-refractivity contribution in [2.24, 2.45) is 0 Å². The quantitative estimate of drug-likeness (QED) is 0.351. The fraction of sp³-hybridized carbons (Fsp3) is 0.706. The second-order valence-corrected chi connectivity index (χ2v) is 7.37. The van der Waals surface area contributed by atoms with Crippen molar-refractivity contribution < 1.29 is 28.6 Å². The third kappa shape index (κ3) is 9.59. The summed E-state index contributed by atoms with van der Waals surface area (Å²) in [6, 6.07) is -1.08. The predicted molar refractivity (Wildman–Crippen MR) is 92.7 cm³/mol. The minimum absolute atomic E-state index is 0.200. The van der Waals surface area contributed by atoms with Crippen LogP contribution in [0.25, 0.3) is 0 Å². The molecule has 0 aromatic rings. The van der Waals surface area contributed by atoms with Crippen LogP contribution >= 0.6 is 0 Å². The van der Waals surface area contributed by atoms with Crippen molar-refractivity contribution >= 4 is 18.2 Å². The smallest absolute Gasteiger partial charge is 0.430 e. The van der Waals surface area contributed by atoms with Crippen LogP contribution < -0.4 is 5.43 Å². The second kappa shape index (κ2) is 9.29. The molecule has 0 saturated carbocycles. The first-order chi connectivity index (χ1) is 11.3. The maximum absolute atomic E-state index is 12.5. The number of nitrogens with one attached hydrogen (secondary N) is 1. The van der Waals surface area contributed by atoms with Gasteiger partial charge in [0.1, 0.15) is 11.2 Å². The lowest BCUT2D eigenvalue weighted by molar-refractivity contribution is -0.148. The van der Waals surface area contributed by atoms with E-state index in [1.54, 1.807) is 47.6 Å². The van der Waals surface area contributed by atoms with Crippen LogP contribution in [0.5, 0.6) is 0 Å². The number of carbonyl (C=O) groups excluding carboxylic acids is 3. The van der Waals surface area contributed by atoms with Crippen molar-refractivity contribution in [2.45, 2.75) is 71.6 Å². The largest absolute Gasteiger partial charge is 0.467 e. The molecule has 0 fully saturated rings. The summed E-state index contributed by atoms with van der Waals surface area (Å²) in [5.41, 5.74) is 0.695. The molecule has 0 saturated heterocycles. The van der Waals surface area contributed by atoms with E-state index in [-0.39, 0.29) is 6.42 Å². The Kier molecular flexibility index (Phi) is 8.45. The number of ether oxygens (including phenoxy) is 3. The molecule has 0 spiro atoms. The van der Waals surface area contributed by atoms with Crippen molar-refractivity contribution in [1.82, 2.24) is 10.4 Å². The van der Waals surface area contributed by atoms with Crippen LogP contribution in [0.3, 0.4) is 0 Å². The van der Waals surface area contributed by atoms with Crippen molar-refractivity contribution in [1.29, 1.82) is 0 Å². The summed E-state index contributed by atoms with van der Waals surface area (Å²) in [5.74, 6) is -0.691. The monoisotopic (exact) mass is 358 g/mol. The molecule has 1 atom stereocenters. The van der Waals surface area contributed by atoms with Crippen molar-refractivity contribution in [3.05, 3.63) is 12.7 Å². The van der Waals surface area contributed by atoms with Gasteiger partial charge in [0.25, 0.3) is 0 Å². The molecule has 0 aliphatic carbocycles. The molecular weight excluding hydrogens is 328 g/mol. The standard InChI is InChI=1S/C17H30N2O6/c1-9-10-11-12(13(20)23-8)19(15(22)25-17(5,6)7)18-14(21)24-16(2,3)4/h9,12H,1,10-11H2,2-8H3,(H,18,21). The van der Waals surface area contributed by atoms with Crippen LogP contribution in [-0.2, 0) is 19.0 Å². The topological polar surface area (TPSA) is 94.2 Å². The number of hydrogen-bond donors (Lipinski definition) is 1. The number of amides is 2. The van der Waals surface area contributed by atoms with Gasteiger partial charge in [-0.1, -0.05) is 6.08 Å². The number of allylic oxidation sites excluding steroid dienone is 1. The van der Waals surface area contributed by atoms with Crippen molar-refractivity contribution in [3.8, 4) is 0 Å². The number of methoxy groups -OCH3 is 1. The van der Waals surface area contributed by atoms with Crippen molar-refractivity contribution in [3.63, 3.8) is 0 Å². The second-order valence-electron chi connectivity index (χ2n) is 7.37. The van der Waals surface area contributed by atoms with Gasteiger partial charge in [0.2, 0.25) is 0 Å². The van der Waals surface area contributed by atoms with Crippen LogP contribution in [0.4, 0.5) is 9.59 Å². The maximum Gasteiger partial charge on any atom is 0.430 e. The Balaban J connectivity index is 5.52. The lowest BCUT2D eigenvalue weighted by Gasteiger charge is -2.32. The van der Waals surface area contributed by atoms with Gasteiger partial charge in [0.15, 0.2) is 6.04 Å². The Hall–Kier alpha value is -2.25. The molecule has 0 rings (SSSR count). The molecule has 0 heterocycles. The average molecular weight is 358 g/mol. The number of esters is 1. The summed E-state index contributed by atoms with van der Waals surface area (Å²) in [5, 5.41) is 0.800. The third-order valence-electron chi connectivity index (χ3n) is 2.63. The van der Waals surface area contributed by atoms with Gasteiger partial charge in [0, 0.05) is 0 Å². The highest BCUT2D eigenvalue weighted by Gasteiger charge is 2.35. The SMILES string of the molecule is C=CCCC(C(=O)OC)N(NC(=O)OC(C)(C)C)C(=O)OC(C)(C)C. The summed E-state index contributed by atoms with van der Waals surface area (Å²) < 4.78 is 15.2. The van der Waals surface area contributed by atoms with E-state index >= 15 is 0 Å². The van der Waals surface area contributed by atoms with Crippen LogP contribution in [-0.4, -0.2) is 47.5 Å². The van der Waals surface area contributed by atoms with E-state index in [0.717, 1.165) is 5.01 Å². The molecule has 0 aromatic carbocycles. The Labute approximate surface area is 149 Å². The maximum atomic E-state index is 12.5. The van der Waals surface area contributed by atoms with Gasteiger partial charge in [-0.15, -0.1) is 6.58 Å². The van der Waals surface area contributed by atoms with Gasteiger partial charge in [0.05, 0.1) is 7.11 Å². The minimum Gasteiger partial charge on any atom is -0.467 e. The van der Waals surface area contributed by atoms with Gasteiger partial charge < -0.3 is 14.2 Å². The first kappa shape index (κ1) is 22.8. The summed E-state index contributed by atoms with van der Waals surface area (Å²) >= 11 is 0. The zero-order chi connectivity index (χ0) is 19.8. The molecule has 0 aliphatic heterocycles. The number of rotatable bonds is 5. The Bertz CT molecular complexity index is 490. The molecule has 1 N–H and O–H groups in total. The summed E-state index contributed by atoms with van der Waals surface area (Å²) in [6.45, 7) is 13.7. The Morgan fingerprint density at radius 2 is 1.60 bits per heavy atom. The zero-order valence-electron chi connectivity index (χ0n) is 16.2. The van der Waals surface area contributed by atoms with Crippen LogP contribution in [0, 0.1) is 0 Å². The number of hydrogen-bond acceptors (Lipinski definition) is 6. The van der Waals surface area contributed by atoms with E-state index in [1.807, 2.05) is 0 Å². The zero-order valence-corrected chi connectivity index (χ0v) is 16.2. The minimum atomic E-state index is -1.08. The summed E-state index contributed by atoms with van der Waals surface area (Å²) in [4.78, 5) is 36.7. The van der Waals surface area contributed by atoms with Gasteiger partial charge in [-0.2, -0.15) is 0 Å². The molecule has 25 heavy (non-hydrogen) atoms. The molecule has 144 valence electrons. The normalized spacial score (nSPS) is 12.6. The van der Waals surface area contributed by atoms with Crippen LogP contribution in [0.1, 0.15) is 54.4 Å². The van der Waals surface area contributed by atoms with E-state index in [4.69, 9.17) is 14.2 Å². The molecule has 8 nitrogen and oxygen atoms in total. The first-order valence-corrected chi connectivity index (χ1v) is 8.01. The number of hydrazine groups is 1. The molecular formula is C17H30N2O6. The fourth-order valence-electron chi connectivity index (χ4n) is 1.73.